The van der Waals surface area contributed by atoms with Gasteiger partial charge in [0.15, 0.2) is 5.96 Å². The lowest BCUT2D eigenvalue weighted by molar-refractivity contribution is -0.0605. The average molecular weight is 473 g/mol. The molecule has 142 valence electrons. The molecular formula is C18H25FIN5O. The first-order valence-electron chi connectivity index (χ1n) is 8.48. The van der Waals surface area contributed by atoms with Crippen LogP contribution in [0, 0.1) is 5.82 Å². The summed E-state index contributed by atoms with van der Waals surface area (Å²) >= 11 is 0. The minimum absolute atomic E-state index is 0. The summed E-state index contributed by atoms with van der Waals surface area (Å²) in [6.07, 6.45) is 5.47. The van der Waals surface area contributed by atoms with E-state index in [9.17, 15) is 4.39 Å². The van der Waals surface area contributed by atoms with E-state index in [1.165, 1.54) is 12.1 Å². The third kappa shape index (κ3) is 5.41. The van der Waals surface area contributed by atoms with Crippen molar-refractivity contribution in [1.82, 2.24) is 19.8 Å². The van der Waals surface area contributed by atoms with Crippen molar-refractivity contribution >= 4 is 29.9 Å². The molecule has 1 saturated heterocycles. The minimum Gasteiger partial charge on any atom is -0.367 e. The molecule has 1 N–H and O–H groups in total. The van der Waals surface area contributed by atoms with Gasteiger partial charge in [-0.2, -0.15) is 0 Å². The standard InChI is InChI=1S/C18H24FN5O.HI/c1-14-11-24(12-17(25-14)15-3-5-16(19)6-4-15)18(20-2)22-8-10-23-9-7-21-13-23;/h3-7,9,13-14,17H,8,10-12H2,1-2H3,(H,20,22);1H. The maximum atomic E-state index is 13.2. The molecule has 0 spiro atoms. The topological polar surface area (TPSA) is 54.7 Å². The molecule has 2 unspecified atom stereocenters. The van der Waals surface area contributed by atoms with Gasteiger partial charge in [-0.3, -0.25) is 4.99 Å². The van der Waals surface area contributed by atoms with Crippen molar-refractivity contribution in [2.24, 2.45) is 4.99 Å². The molecule has 8 heteroatoms. The number of ether oxygens (including phenoxy) is 1. The molecule has 1 aromatic heterocycles. The second-order valence-electron chi connectivity index (χ2n) is 6.17. The second-order valence-corrected chi connectivity index (χ2v) is 6.17. The van der Waals surface area contributed by atoms with Crippen LogP contribution in [0.4, 0.5) is 4.39 Å². The van der Waals surface area contributed by atoms with Crippen LogP contribution in [0.25, 0.3) is 0 Å². The predicted molar refractivity (Wildman–Crippen MR) is 110 cm³/mol. The number of halogens is 2. The van der Waals surface area contributed by atoms with Crippen LogP contribution in [0.5, 0.6) is 0 Å². The van der Waals surface area contributed by atoms with Crippen LogP contribution < -0.4 is 5.32 Å². The first kappa shape index (κ1) is 20.6. The van der Waals surface area contributed by atoms with Gasteiger partial charge in [0.2, 0.25) is 0 Å². The van der Waals surface area contributed by atoms with Gasteiger partial charge in [0.25, 0.3) is 0 Å². The van der Waals surface area contributed by atoms with Crippen molar-refractivity contribution in [3.63, 3.8) is 0 Å². The number of aromatic nitrogens is 2. The molecule has 0 radical (unpaired) electrons. The normalized spacial score (nSPS) is 20.6. The van der Waals surface area contributed by atoms with Crippen molar-refractivity contribution in [2.75, 3.05) is 26.7 Å². The number of rotatable bonds is 4. The summed E-state index contributed by atoms with van der Waals surface area (Å²) in [7, 11) is 1.78. The van der Waals surface area contributed by atoms with Crippen molar-refractivity contribution < 1.29 is 9.13 Å². The Labute approximate surface area is 170 Å². The average Bonchev–Trinajstić information content (AvgIpc) is 3.12. The van der Waals surface area contributed by atoms with Crippen LogP contribution in [0.1, 0.15) is 18.6 Å². The number of morpholine rings is 1. The molecule has 2 heterocycles. The van der Waals surface area contributed by atoms with Crippen LogP contribution >= 0.6 is 24.0 Å². The van der Waals surface area contributed by atoms with Gasteiger partial charge in [0.1, 0.15) is 11.9 Å². The molecule has 1 fully saturated rings. The van der Waals surface area contributed by atoms with E-state index < -0.39 is 0 Å². The summed E-state index contributed by atoms with van der Waals surface area (Å²) in [4.78, 5) is 10.6. The largest absolute Gasteiger partial charge is 0.367 e. The maximum absolute atomic E-state index is 13.2. The number of aliphatic imine (C=N–C) groups is 1. The van der Waals surface area contributed by atoms with Gasteiger partial charge in [0.05, 0.1) is 19.0 Å². The molecular weight excluding hydrogens is 448 g/mol. The van der Waals surface area contributed by atoms with Gasteiger partial charge >= 0.3 is 0 Å². The fourth-order valence-electron chi connectivity index (χ4n) is 3.03. The monoisotopic (exact) mass is 473 g/mol. The van der Waals surface area contributed by atoms with Gasteiger partial charge in [-0.25, -0.2) is 9.37 Å². The molecule has 1 aromatic carbocycles. The van der Waals surface area contributed by atoms with Crippen molar-refractivity contribution in [2.45, 2.75) is 25.7 Å². The van der Waals surface area contributed by atoms with Crippen molar-refractivity contribution in [3.05, 3.63) is 54.4 Å². The Balaban J connectivity index is 0.00000243. The Kier molecular flexibility index (Phi) is 7.83. The Bertz CT molecular complexity index is 692. The molecule has 26 heavy (non-hydrogen) atoms. The number of hydrogen-bond donors (Lipinski definition) is 1. The summed E-state index contributed by atoms with van der Waals surface area (Å²) in [6, 6.07) is 6.51. The smallest absolute Gasteiger partial charge is 0.193 e. The van der Waals surface area contributed by atoms with E-state index in [4.69, 9.17) is 4.74 Å². The van der Waals surface area contributed by atoms with E-state index in [0.717, 1.165) is 31.2 Å². The zero-order valence-electron chi connectivity index (χ0n) is 15.0. The third-order valence-electron chi connectivity index (χ3n) is 4.23. The highest BCUT2D eigenvalue weighted by Crippen LogP contribution is 2.25. The summed E-state index contributed by atoms with van der Waals surface area (Å²) < 4.78 is 21.2. The summed E-state index contributed by atoms with van der Waals surface area (Å²) in [6.45, 7) is 5.07. The van der Waals surface area contributed by atoms with Gasteiger partial charge < -0.3 is 19.5 Å². The molecule has 0 bridgehead atoms. The molecule has 0 aliphatic carbocycles. The molecule has 1 aliphatic heterocycles. The van der Waals surface area contributed by atoms with Crippen LogP contribution in [-0.2, 0) is 11.3 Å². The molecule has 6 nitrogen and oxygen atoms in total. The number of benzene rings is 1. The van der Waals surface area contributed by atoms with Crippen LogP contribution in [-0.4, -0.2) is 53.2 Å². The van der Waals surface area contributed by atoms with E-state index in [2.05, 4.69) is 20.2 Å². The van der Waals surface area contributed by atoms with Crippen molar-refractivity contribution in [3.8, 4) is 0 Å². The van der Waals surface area contributed by atoms with Crippen LogP contribution in [0.2, 0.25) is 0 Å². The molecule has 1 aliphatic rings. The Morgan fingerprint density at radius 2 is 2.12 bits per heavy atom. The van der Waals surface area contributed by atoms with E-state index >= 15 is 0 Å². The van der Waals surface area contributed by atoms with E-state index in [0.29, 0.717) is 6.54 Å². The SMILES string of the molecule is CN=C(NCCn1ccnc1)N1CC(C)OC(c2ccc(F)cc2)C1.I. The third-order valence-corrected chi connectivity index (χ3v) is 4.23. The van der Waals surface area contributed by atoms with Gasteiger partial charge in [-0.15, -0.1) is 24.0 Å². The Morgan fingerprint density at radius 1 is 1.35 bits per heavy atom. The summed E-state index contributed by atoms with van der Waals surface area (Å²) in [5.41, 5.74) is 0.979. The fourth-order valence-corrected chi connectivity index (χ4v) is 3.03. The quantitative estimate of drug-likeness (QED) is 0.422. The molecule has 2 aromatic rings. The van der Waals surface area contributed by atoms with Gasteiger partial charge in [0, 0.05) is 39.1 Å². The highest BCUT2D eigenvalue weighted by Gasteiger charge is 2.28. The summed E-state index contributed by atoms with van der Waals surface area (Å²) in [5.74, 6) is 0.615. The van der Waals surface area contributed by atoms with Gasteiger partial charge in [-0.05, 0) is 24.6 Å². The molecule has 2 atom stereocenters. The first-order valence-corrected chi connectivity index (χ1v) is 8.48. The number of guanidine groups is 1. The first-order chi connectivity index (χ1) is 12.2. The lowest BCUT2D eigenvalue weighted by atomic mass is 10.1. The number of hydrogen-bond acceptors (Lipinski definition) is 3. The highest BCUT2D eigenvalue weighted by molar-refractivity contribution is 14.0. The lowest BCUT2D eigenvalue weighted by Crippen LogP contribution is -2.51. The zero-order valence-corrected chi connectivity index (χ0v) is 17.3. The Morgan fingerprint density at radius 3 is 2.77 bits per heavy atom. The Hall–Kier alpha value is -1.68. The van der Waals surface area contributed by atoms with E-state index in [-0.39, 0.29) is 42.0 Å². The lowest BCUT2D eigenvalue weighted by Gasteiger charge is -2.38. The molecule has 3 rings (SSSR count). The molecule has 0 amide bonds. The highest BCUT2D eigenvalue weighted by atomic mass is 127. The summed E-state index contributed by atoms with van der Waals surface area (Å²) in [5, 5.41) is 3.39. The fraction of sp³-hybridized carbons (Fsp3) is 0.444. The minimum atomic E-state index is -0.235. The van der Waals surface area contributed by atoms with Crippen molar-refractivity contribution in [1.29, 1.82) is 0 Å². The number of nitrogens with one attached hydrogen (secondary N) is 1. The number of imidazole rings is 1. The second kappa shape index (κ2) is 9.86. The van der Waals surface area contributed by atoms with Crippen LogP contribution in [0.3, 0.4) is 0 Å². The maximum Gasteiger partial charge on any atom is 0.193 e. The number of nitrogens with zero attached hydrogens (tertiary/aromatic N) is 4. The van der Waals surface area contributed by atoms with E-state index in [1.807, 2.05) is 17.7 Å². The predicted octanol–water partition coefficient (Wildman–Crippen LogP) is 2.68. The van der Waals surface area contributed by atoms with Gasteiger partial charge in [-0.1, -0.05) is 12.1 Å². The van der Waals surface area contributed by atoms with Crippen LogP contribution in [0.15, 0.2) is 48.0 Å². The van der Waals surface area contributed by atoms with E-state index in [1.54, 1.807) is 31.7 Å². The molecule has 0 saturated carbocycles. The zero-order chi connectivity index (χ0) is 17.6.